The Hall–Kier alpha value is -2.87. The summed E-state index contributed by atoms with van der Waals surface area (Å²) in [5.74, 6) is 0.441. The van der Waals surface area contributed by atoms with Gasteiger partial charge in [-0.15, -0.1) is 0 Å². The summed E-state index contributed by atoms with van der Waals surface area (Å²) in [7, 11) is 0. The molecule has 1 atom stereocenters. The fourth-order valence-corrected chi connectivity index (χ4v) is 2.21. The molecule has 124 valence electrons. The maximum atomic E-state index is 12.2. The standard InChI is InChI=1S/C19H21N3O2/c1-3-5-17(11-20)22-19(23)16-7-4-6-15(10-16)13-24-18-9-8-14(2)21-12-18/h4,6-10,12,17H,3,5,13H2,1-2H3,(H,22,23)/t17-/m1/s1. The number of ether oxygens (including phenoxy) is 1. The Morgan fingerprint density at radius 3 is 2.88 bits per heavy atom. The Bertz CT molecular complexity index is 720. The van der Waals surface area contributed by atoms with E-state index in [-0.39, 0.29) is 5.91 Å². The molecule has 0 aliphatic carbocycles. The zero-order valence-electron chi connectivity index (χ0n) is 14.0. The molecule has 1 N–H and O–H groups in total. The molecule has 0 unspecified atom stereocenters. The van der Waals surface area contributed by atoms with E-state index in [1.807, 2.05) is 38.1 Å². The lowest BCUT2D eigenvalue weighted by molar-refractivity contribution is 0.0943. The van der Waals surface area contributed by atoms with Crippen LogP contribution in [0.3, 0.4) is 0 Å². The largest absolute Gasteiger partial charge is 0.487 e. The van der Waals surface area contributed by atoms with Crippen LogP contribution in [-0.4, -0.2) is 16.9 Å². The molecule has 0 bridgehead atoms. The van der Waals surface area contributed by atoms with E-state index in [0.29, 0.717) is 24.3 Å². The van der Waals surface area contributed by atoms with E-state index in [2.05, 4.69) is 16.4 Å². The van der Waals surface area contributed by atoms with E-state index in [1.54, 1.807) is 18.3 Å². The van der Waals surface area contributed by atoms with Gasteiger partial charge in [-0.05, 0) is 43.2 Å². The third-order valence-corrected chi connectivity index (χ3v) is 3.52. The summed E-state index contributed by atoms with van der Waals surface area (Å²) in [6.07, 6.45) is 3.16. The number of hydrogen-bond acceptors (Lipinski definition) is 4. The zero-order chi connectivity index (χ0) is 17.4. The predicted molar refractivity (Wildman–Crippen MR) is 91.5 cm³/mol. The third-order valence-electron chi connectivity index (χ3n) is 3.52. The van der Waals surface area contributed by atoms with Crippen LogP contribution in [0.25, 0.3) is 0 Å². The Kier molecular flexibility index (Phi) is 6.32. The lowest BCUT2D eigenvalue weighted by Crippen LogP contribution is -2.33. The highest BCUT2D eigenvalue weighted by atomic mass is 16.5. The summed E-state index contributed by atoms with van der Waals surface area (Å²) in [6, 6.07) is 12.6. The van der Waals surface area contributed by atoms with Crippen LogP contribution >= 0.6 is 0 Å². The van der Waals surface area contributed by atoms with Gasteiger partial charge in [-0.3, -0.25) is 9.78 Å². The molecule has 1 amide bonds. The van der Waals surface area contributed by atoms with E-state index < -0.39 is 6.04 Å². The molecule has 5 nitrogen and oxygen atoms in total. The fraction of sp³-hybridized carbons (Fsp3) is 0.316. The van der Waals surface area contributed by atoms with Crippen molar-refractivity contribution in [2.75, 3.05) is 0 Å². The summed E-state index contributed by atoms with van der Waals surface area (Å²) in [5, 5.41) is 11.8. The summed E-state index contributed by atoms with van der Waals surface area (Å²) >= 11 is 0. The first kappa shape index (κ1) is 17.5. The van der Waals surface area contributed by atoms with Crippen molar-refractivity contribution in [2.24, 2.45) is 0 Å². The molecular formula is C19H21N3O2. The number of carbonyl (C=O) groups excluding carboxylic acids is 1. The lowest BCUT2D eigenvalue weighted by Gasteiger charge is -2.11. The second-order valence-corrected chi connectivity index (χ2v) is 5.57. The molecule has 2 rings (SSSR count). The van der Waals surface area contributed by atoms with Gasteiger partial charge < -0.3 is 10.1 Å². The molecule has 5 heteroatoms. The van der Waals surface area contributed by atoms with Gasteiger partial charge in [0.15, 0.2) is 0 Å². The van der Waals surface area contributed by atoms with E-state index in [1.165, 1.54) is 0 Å². The fourth-order valence-electron chi connectivity index (χ4n) is 2.21. The molecular weight excluding hydrogens is 302 g/mol. The number of aryl methyl sites for hydroxylation is 1. The monoisotopic (exact) mass is 323 g/mol. The van der Waals surface area contributed by atoms with Gasteiger partial charge in [0.1, 0.15) is 18.4 Å². The SMILES string of the molecule is CCC[C@H](C#N)NC(=O)c1cccc(COc2ccc(C)nc2)c1. The molecule has 1 heterocycles. The number of pyridine rings is 1. The molecule has 0 radical (unpaired) electrons. The first-order chi connectivity index (χ1) is 11.6. The Morgan fingerprint density at radius 1 is 1.38 bits per heavy atom. The number of nitrogens with zero attached hydrogens (tertiary/aromatic N) is 2. The normalized spacial score (nSPS) is 11.4. The molecule has 0 aliphatic rings. The van der Waals surface area contributed by atoms with E-state index in [4.69, 9.17) is 10.00 Å². The average Bonchev–Trinajstić information content (AvgIpc) is 2.61. The second-order valence-electron chi connectivity index (χ2n) is 5.57. The van der Waals surface area contributed by atoms with Crippen molar-refractivity contribution < 1.29 is 9.53 Å². The molecule has 0 spiro atoms. The zero-order valence-corrected chi connectivity index (χ0v) is 14.0. The van der Waals surface area contributed by atoms with Crippen molar-refractivity contribution in [1.29, 1.82) is 5.26 Å². The number of rotatable bonds is 7. The van der Waals surface area contributed by atoms with Gasteiger partial charge in [-0.1, -0.05) is 25.5 Å². The van der Waals surface area contributed by atoms with Crippen LogP contribution in [0.1, 0.15) is 41.4 Å². The van der Waals surface area contributed by atoms with Gasteiger partial charge >= 0.3 is 0 Å². The molecule has 0 saturated carbocycles. The van der Waals surface area contributed by atoms with Crippen LogP contribution in [-0.2, 0) is 6.61 Å². The van der Waals surface area contributed by atoms with Gasteiger partial charge in [0.05, 0.1) is 12.3 Å². The minimum atomic E-state index is -0.457. The summed E-state index contributed by atoms with van der Waals surface area (Å²) < 4.78 is 5.68. The second kappa shape index (κ2) is 8.68. The van der Waals surface area contributed by atoms with Crippen molar-refractivity contribution in [3.05, 3.63) is 59.4 Å². The Balaban J connectivity index is 1.99. The van der Waals surface area contributed by atoms with Gasteiger partial charge in [0, 0.05) is 11.3 Å². The summed E-state index contributed by atoms with van der Waals surface area (Å²) in [5.41, 5.74) is 2.34. The highest BCUT2D eigenvalue weighted by Gasteiger charge is 2.12. The smallest absolute Gasteiger partial charge is 0.252 e. The minimum absolute atomic E-state index is 0.242. The van der Waals surface area contributed by atoms with E-state index in [9.17, 15) is 4.79 Å². The quantitative estimate of drug-likeness (QED) is 0.847. The number of aromatic nitrogens is 1. The number of benzene rings is 1. The van der Waals surface area contributed by atoms with Crippen LogP contribution < -0.4 is 10.1 Å². The van der Waals surface area contributed by atoms with Crippen molar-refractivity contribution in [3.63, 3.8) is 0 Å². The van der Waals surface area contributed by atoms with Crippen molar-refractivity contribution in [1.82, 2.24) is 10.3 Å². The number of nitriles is 1. The predicted octanol–water partition coefficient (Wildman–Crippen LogP) is 3.39. The lowest BCUT2D eigenvalue weighted by atomic mass is 10.1. The van der Waals surface area contributed by atoms with Crippen LogP contribution in [0.4, 0.5) is 0 Å². The van der Waals surface area contributed by atoms with Crippen molar-refractivity contribution >= 4 is 5.91 Å². The van der Waals surface area contributed by atoms with Gasteiger partial charge in [-0.25, -0.2) is 0 Å². The molecule has 1 aromatic heterocycles. The summed E-state index contributed by atoms with van der Waals surface area (Å²) in [4.78, 5) is 16.4. The minimum Gasteiger partial charge on any atom is -0.487 e. The van der Waals surface area contributed by atoms with Crippen LogP contribution in [0, 0.1) is 18.3 Å². The first-order valence-electron chi connectivity index (χ1n) is 7.97. The highest BCUT2D eigenvalue weighted by molar-refractivity contribution is 5.94. The third kappa shape index (κ3) is 5.10. The maximum absolute atomic E-state index is 12.2. The molecule has 0 fully saturated rings. The number of nitrogens with one attached hydrogen (secondary N) is 1. The molecule has 2 aromatic rings. The van der Waals surface area contributed by atoms with Crippen molar-refractivity contribution in [2.45, 2.75) is 39.3 Å². The topological polar surface area (TPSA) is 75.0 Å². The average molecular weight is 323 g/mol. The van der Waals surface area contributed by atoms with Gasteiger partial charge in [-0.2, -0.15) is 5.26 Å². The van der Waals surface area contributed by atoms with Gasteiger partial charge in [0.25, 0.3) is 5.91 Å². The van der Waals surface area contributed by atoms with Crippen molar-refractivity contribution in [3.8, 4) is 11.8 Å². The van der Waals surface area contributed by atoms with Crippen LogP contribution in [0.2, 0.25) is 0 Å². The Morgan fingerprint density at radius 2 is 2.21 bits per heavy atom. The maximum Gasteiger partial charge on any atom is 0.252 e. The van der Waals surface area contributed by atoms with E-state index in [0.717, 1.165) is 17.7 Å². The number of carbonyl (C=O) groups is 1. The Labute approximate surface area is 142 Å². The van der Waals surface area contributed by atoms with Crippen LogP contribution in [0.15, 0.2) is 42.6 Å². The molecule has 0 saturated heterocycles. The van der Waals surface area contributed by atoms with Gasteiger partial charge in [0.2, 0.25) is 0 Å². The molecule has 0 aliphatic heterocycles. The number of hydrogen-bond donors (Lipinski definition) is 1. The molecule has 24 heavy (non-hydrogen) atoms. The molecule has 1 aromatic carbocycles. The number of amides is 1. The van der Waals surface area contributed by atoms with Crippen LogP contribution in [0.5, 0.6) is 5.75 Å². The first-order valence-corrected chi connectivity index (χ1v) is 7.97. The summed E-state index contributed by atoms with van der Waals surface area (Å²) in [6.45, 7) is 4.25. The van der Waals surface area contributed by atoms with E-state index >= 15 is 0 Å². The highest BCUT2D eigenvalue weighted by Crippen LogP contribution is 2.13.